The molecule has 6 nitrogen and oxygen atoms in total. The molecular weight excluding hydrogens is 431 g/mol. The number of rotatable bonds is 4. The number of benzene rings is 2. The second-order valence-corrected chi connectivity index (χ2v) is 6.34. The fraction of sp³-hybridized carbons (Fsp3) is 0.118. The van der Waals surface area contributed by atoms with E-state index in [0.717, 1.165) is 23.0 Å². The first-order valence-electron chi connectivity index (χ1n) is 7.52. The van der Waals surface area contributed by atoms with Gasteiger partial charge in [0.05, 0.1) is 16.6 Å². The Balaban J connectivity index is 1.76. The van der Waals surface area contributed by atoms with E-state index in [4.69, 9.17) is 4.74 Å². The van der Waals surface area contributed by atoms with Gasteiger partial charge in [0.15, 0.2) is 0 Å². The van der Waals surface area contributed by atoms with Gasteiger partial charge in [0, 0.05) is 0 Å². The minimum atomic E-state index is -4.41. The molecule has 0 atom stereocenters. The van der Waals surface area contributed by atoms with Crippen molar-refractivity contribution >= 4 is 15.9 Å². The zero-order valence-electron chi connectivity index (χ0n) is 13.5. The smallest absolute Gasteiger partial charge is 0.416 e. The fourth-order valence-electron chi connectivity index (χ4n) is 2.23. The van der Waals surface area contributed by atoms with Crippen LogP contribution in [0, 0.1) is 0 Å². The van der Waals surface area contributed by atoms with E-state index in [9.17, 15) is 22.8 Å². The van der Waals surface area contributed by atoms with E-state index in [-0.39, 0.29) is 12.3 Å². The molecule has 2 aromatic carbocycles. The van der Waals surface area contributed by atoms with Gasteiger partial charge in [0.2, 0.25) is 0 Å². The highest BCUT2D eigenvalue weighted by Gasteiger charge is 2.30. The SMILES string of the molecule is O=c1cnn(Cc2ccc(Oc3ccc(C(F)(F)F)cc3)c(Br)c2)c(=O)[nH]1. The highest BCUT2D eigenvalue weighted by atomic mass is 79.9. The summed E-state index contributed by atoms with van der Waals surface area (Å²) in [5.74, 6) is 0.634. The molecule has 10 heteroatoms. The second-order valence-electron chi connectivity index (χ2n) is 5.49. The molecule has 0 aliphatic rings. The lowest BCUT2D eigenvalue weighted by Gasteiger charge is -2.11. The summed E-state index contributed by atoms with van der Waals surface area (Å²) >= 11 is 3.32. The van der Waals surface area contributed by atoms with Crippen LogP contribution in [0.25, 0.3) is 0 Å². The maximum Gasteiger partial charge on any atom is 0.416 e. The molecule has 0 bridgehead atoms. The van der Waals surface area contributed by atoms with Gasteiger partial charge in [-0.15, -0.1) is 0 Å². The van der Waals surface area contributed by atoms with Crippen molar-refractivity contribution in [3.8, 4) is 11.5 Å². The van der Waals surface area contributed by atoms with Gasteiger partial charge in [-0.2, -0.15) is 18.3 Å². The minimum Gasteiger partial charge on any atom is -0.456 e. The number of aromatic nitrogens is 3. The van der Waals surface area contributed by atoms with Crippen LogP contribution in [0.15, 0.2) is 62.7 Å². The second kappa shape index (κ2) is 7.39. The summed E-state index contributed by atoms with van der Waals surface area (Å²) in [6.45, 7) is 0.120. The lowest BCUT2D eigenvalue weighted by Crippen LogP contribution is -2.31. The molecule has 1 N–H and O–H groups in total. The van der Waals surface area contributed by atoms with Crippen LogP contribution < -0.4 is 16.0 Å². The van der Waals surface area contributed by atoms with Crippen LogP contribution in [-0.4, -0.2) is 14.8 Å². The topological polar surface area (TPSA) is 77.0 Å². The highest BCUT2D eigenvalue weighted by Crippen LogP contribution is 2.33. The van der Waals surface area contributed by atoms with Gasteiger partial charge in [0.1, 0.15) is 17.7 Å². The average Bonchev–Trinajstić information content (AvgIpc) is 2.59. The standard InChI is InChI=1S/C17H11BrF3N3O3/c18-13-7-10(9-24-16(26)23-15(25)8-22-24)1-6-14(13)27-12-4-2-11(3-5-12)17(19,20)21/h1-8H,9H2,(H,23,25,26). The first-order valence-corrected chi connectivity index (χ1v) is 8.32. The Morgan fingerprint density at radius 3 is 2.41 bits per heavy atom. The highest BCUT2D eigenvalue weighted by molar-refractivity contribution is 9.10. The summed E-state index contributed by atoms with van der Waals surface area (Å²) < 4.78 is 45.0. The van der Waals surface area contributed by atoms with Gasteiger partial charge in [-0.05, 0) is 57.9 Å². The maximum absolute atomic E-state index is 12.6. The number of ether oxygens (including phenoxy) is 1. The van der Waals surface area contributed by atoms with Crippen LogP contribution in [0.5, 0.6) is 11.5 Å². The van der Waals surface area contributed by atoms with E-state index in [0.29, 0.717) is 15.8 Å². The summed E-state index contributed by atoms with van der Waals surface area (Å²) in [6, 6.07) is 9.29. The Bertz CT molecular complexity index is 1080. The number of hydrogen-bond acceptors (Lipinski definition) is 4. The van der Waals surface area contributed by atoms with E-state index in [1.165, 1.54) is 12.1 Å². The number of nitrogens with zero attached hydrogens (tertiary/aromatic N) is 2. The van der Waals surface area contributed by atoms with Gasteiger partial charge < -0.3 is 4.74 Å². The van der Waals surface area contributed by atoms with E-state index in [1.807, 2.05) is 0 Å². The minimum absolute atomic E-state index is 0.120. The van der Waals surface area contributed by atoms with Gasteiger partial charge in [-0.25, -0.2) is 9.48 Å². The molecule has 0 fully saturated rings. The van der Waals surface area contributed by atoms with E-state index in [1.54, 1.807) is 18.2 Å². The number of aromatic amines is 1. The van der Waals surface area contributed by atoms with Crippen molar-refractivity contribution in [2.24, 2.45) is 0 Å². The Morgan fingerprint density at radius 1 is 1.11 bits per heavy atom. The van der Waals surface area contributed by atoms with Crippen LogP contribution in [0.4, 0.5) is 13.2 Å². The summed E-state index contributed by atoms with van der Waals surface area (Å²) in [7, 11) is 0. The number of H-pyrrole nitrogens is 1. The van der Waals surface area contributed by atoms with Crippen molar-refractivity contribution < 1.29 is 17.9 Å². The van der Waals surface area contributed by atoms with E-state index in [2.05, 4.69) is 26.0 Å². The fourth-order valence-corrected chi connectivity index (χ4v) is 2.73. The van der Waals surface area contributed by atoms with E-state index >= 15 is 0 Å². The van der Waals surface area contributed by atoms with Crippen LogP contribution in [0.3, 0.4) is 0 Å². The molecule has 1 aromatic heterocycles. The Morgan fingerprint density at radius 2 is 1.81 bits per heavy atom. The van der Waals surface area contributed by atoms with Crippen molar-refractivity contribution in [1.82, 2.24) is 14.8 Å². The van der Waals surface area contributed by atoms with E-state index < -0.39 is 23.0 Å². The third kappa shape index (κ3) is 4.64. The van der Waals surface area contributed by atoms with Crippen molar-refractivity contribution in [1.29, 1.82) is 0 Å². The van der Waals surface area contributed by atoms with Gasteiger partial charge in [-0.1, -0.05) is 6.07 Å². The molecule has 1 heterocycles. The largest absolute Gasteiger partial charge is 0.456 e. The first-order chi connectivity index (χ1) is 12.7. The molecule has 0 radical (unpaired) electrons. The van der Waals surface area contributed by atoms with Crippen molar-refractivity contribution in [3.63, 3.8) is 0 Å². The van der Waals surface area contributed by atoms with Crippen molar-refractivity contribution in [2.45, 2.75) is 12.7 Å². The third-order valence-electron chi connectivity index (χ3n) is 3.52. The predicted octanol–water partition coefficient (Wildman–Crippen LogP) is 3.55. The van der Waals surface area contributed by atoms with Gasteiger partial charge in [0.25, 0.3) is 5.56 Å². The van der Waals surface area contributed by atoms with Crippen molar-refractivity contribution in [2.75, 3.05) is 0 Å². The summed E-state index contributed by atoms with van der Waals surface area (Å²) in [5, 5.41) is 3.74. The number of hydrogen-bond donors (Lipinski definition) is 1. The average molecular weight is 442 g/mol. The Kier molecular flexibility index (Phi) is 5.17. The number of halogens is 4. The van der Waals surface area contributed by atoms with Crippen LogP contribution in [0.1, 0.15) is 11.1 Å². The molecular formula is C17H11BrF3N3O3. The Labute approximate surface area is 158 Å². The molecule has 0 unspecified atom stereocenters. The Hall–Kier alpha value is -2.88. The third-order valence-corrected chi connectivity index (χ3v) is 4.14. The quantitative estimate of drug-likeness (QED) is 0.671. The maximum atomic E-state index is 12.6. The van der Waals surface area contributed by atoms with Crippen LogP contribution in [-0.2, 0) is 12.7 Å². The summed E-state index contributed by atoms with van der Waals surface area (Å²) in [5.41, 5.74) is -1.28. The molecule has 140 valence electrons. The summed E-state index contributed by atoms with van der Waals surface area (Å²) in [6.07, 6.45) is -3.41. The molecule has 3 aromatic rings. The normalized spacial score (nSPS) is 11.4. The molecule has 27 heavy (non-hydrogen) atoms. The first kappa shape index (κ1) is 18.9. The van der Waals surface area contributed by atoms with Gasteiger partial charge >= 0.3 is 11.9 Å². The monoisotopic (exact) mass is 441 g/mol. The molecule has 0 amide bonds. The number of alkyl halides is 3. The molecule has 0 aliphatic carbocycles. The van der Waals surface area contributed by atoms with Gasteiger partial charge in [-0.3, -0.25) is 9.78 Å². The molecule has 3 rings (SSSR count). The zero-order valence-corrected chi connectivity index (χ0v) is 15.0. The lowest BCUT2D eigenvalue weighted by atomic mass is 10.2. The molecule has 0 spiro atoms. The zero-order chi connectivity index (χ0) is 19.6. The lowest BCUT2D eigenvalue weighted by molar-refractivity contribution is -0.137. The van der Waals surface area contributed by atoms with Crippen LogP contribution in [0.2, 0.25) is 0 Å². The molecule has 0 saturated heterocycles. The van der Waals surface area contributed by atoms with Crippen LogP contribution >= 0.6 is 15.9 Å². The number of nitrogens with one attached hydrogen (secondary N) is 1. The molecule has 0 saturated carbocycles. The summed E-state index contributed by atoms with van der Waals surface area (Å²) in [4.78, 5) is 24.8. The molecule has 0 aliphatic heterocycles. The van der Waals surface area contributed by atoms with Crippen molar-refractivity contribution in [3.05, 3.63) is 85.1 Å². The predicted molar refractivity (Wildman–Crippen MR) is 93.9 cm³/mol.